The standard InChI is InChI=1S/C13H16N2O5/c1-20-13(19)8-5-6-10(9(14)7-8)15-11(16)3-2-4-12(17)18/h5-7H,2-4,14H2,1H3,(H,15,16)(H,17,18). The minimum absolute atomic E-state index is 0.0653. The lowest BCUT2D eigenvalue weighted by Gasteiger charge is -2.09. The molecule has 1 aromatic rings. The second-order valence-corrected chi connectivity index (χ2v) is 4.09. The van der Waals surface area contributed by atoms with Gasteiger partial charge in [-0.15, -0.1) is 0 Å². The van der Waals surface area contributed by atoms with Crippen molar-refractivity contribution in [2.45, 2.75) is 19.3 Å². The minimum atomic E-state index is -0.945. The normalized spacial score (nSPS) is 9.85. The van der Waals surface area contributed by atoms with Gasteiger partial charge in [0.1, 0.15) is 0 Å². The highest BCUT2D eigenvalue weighted by Gasteiger charge is 2.10. The van der Waals surface area contributed by atoms with Crippen molar-refractivity contribution in [3.05, 3.63) is 23.8 Å². The van der Waals surface area contributed by atoms with Crippen LogP contribution < -0.4 is 11.1 Å². The highest BCUT2D eigenvalue weighted by Crippen LogP contribution is 2.20. The number of hydrogen-bond donors (Lipinski definition) is 3. The van der Waals surface area contributed by atoms with E-state index in [1.54, 1.807) is 0 Å². The van der Waals surface area contributed by atoms with Crippen LogP contribution in [-0.2, 0) is 14.3 Å². The van der Waals surface area contributed by atoms with Crippen molar-refractivity contribution < 1.29 is 24.2 Å². The fourth-order valence-electron chi connectivity index (χ4n) is 1.53. The number of ether oxygens (including phenoxy) is 1. The second-order valence-electron chi connectivity index (χ2n) is 4.09. The van der Waals surface area contributed by atoms with E-state index in [1.807, 2.05) is 0 Å². The summed E-state index contributed by atoms with van der Waals surface area (Å²) < 4.78 is 4.55. The average Bonchev–Trinajstić information content (AvgIpc) is 2.39. The molecule has 7 heteroatoms. The molecule has 0 unspecified atom stereocenters. The maximum Gasteiger partial charge on any atom is 0.337 e. The number of anilines is 2. The number of esters is 1. The Balaban J connectivity index is 2.62. The fraction of sp³-hybridized carbons (Fsp3) is 0.308. The molecule has 0 aliphatic rings. The maximum absolute atomic E-state index is 11.6. The van der Waals surface area contributed by atoms with Gasteiger partial charge in [0.05, 0.1) is 24.0 Å². The first-order valence-electron chi connectivity index (χ1n) is 5.93. The zero-order valence-electron chi connectivity index (χ0n) is 11.0. The quantitative estimate of drug-likeness (QED) is 0.533. The zero-order valence-corrected chi connectivity index (χ0v) is 11.0. The number of amides is 1. The Bertz CT molecular complexity index is 527. The molecule has 0 aromatic heterocycles. The molecule has 108 valence electrons. The molecule has 1 amide bonds. The summed E-state index contributed by atoms with van der Waals surface area (Å²) in [7, 11) is 1.26. The second kappa shape index (κ2) is 7.13. The Kier molecular flexibility index (Phi) is 5.52. The smallest absolute Gasteiger partial charge is 0.337 e. The number of nitrogens with one attached hydrogen (secondary N) is 1. The number of methoxy groups -OCH3 is 1. The summed E-state index contributed by atoms with van der Waals surface area (Å²) >= 11 is 0. The van der Waals surface area contributed by atoms with E-state index in [1.165, 1.54) is 25.3 Å². The van der Waals surface area contributed by atoms with Crippen LogP contribution in [0.1, 0.15) is 29.6 Å². The molecule has 1 aromatic carbocycles. The predicted octanol–water partition coefficient (Wildman–Crippen LogP) is 1.25. The van der Waals surface area contributed by atoms with Gasteiger partial charge in [0.25, 0.3) is 0 Å². The molecule has 0 saturated carbocycles. The molecule has 0 radical (unpaired) electrons. The molecule has 0 atom stereocenters. The molecule has 4 N–H and O–H groups in total. The predicted molar refractivity (Wildman–Crippen MR) is 72.3 cm³/mol. The minimum Gasteiger partial charge on any atom is -0.481 e. The van der Waals surface area contributed by atoms with Crippen LogP contribution >= 0.6 is 0 Å². The van der Waals surface area contributed by atoms with Gasteiger partial charge in [0.15, 0.2) is 0 Å². The lowest BCUT2D eigenvalue weighted by Crippen LogP contribution is -2.13. The summed E-state index contributed by atoms with van der Waals surface area (Å²) in [6, 6.07) is 4.38. The molecular weight excluding hydrogens is 264 g/mol. The molecule has 0 aliphatic carbocycles. The van der Waals surface area contributed by atoms with Gasteiger partial charge in [-0.2, -0.15) is 0 Å². The summed E-state index contributed by atoms with van der Waals surface area (Å²) in [6.07, 6.45) is 0.274. The van der Waals surface area contributed by atoms with Crippen molar-refractivity contribution in [3.8, 4) is 0 Å². The number of rotatable bonds is 6. The molecule has 0 heterocycles. The Labute approximate surface area is 115 Å². The molecule has 0 saturated heterocycles. The van der Waals surface area contributed by atoms with E-state index in [0.29, 0.717) is 5.69 Å². The third-order valence-corrected chi connectivity index (χ3v) is 2.54. The number of carboxylic acids is 1. The van der Waals surface area contributed by atoms with Crippen molar-refractivity contribution in [3.63, 3.8) is 0 Å². The van der Waals surface area contributed by atoms with E-state index < -0.39 is 11.9 Å². The van der Waals surface area contributed by atoms with Gasteiger partial charge in [-0.3, -0.25) is 9.59 Å². The van der Waals surface area contributed by atoms with Gasteiger partial charge < -0.3 is 20.9 Å². The van der Waals surface area contributed by atoms with Crippen LogP contribution in [0.15, 0.2) is 18.2 Å². The number of nitrogen functional groups attached to an aromatic ring is 1. The van der Waals surface area contributed by atoms with E-state index in [4.69, 9.17) is 10.8 Å². The summed E-state index contributed by atoms with van der Waals surface area (Å²) in [6.45, 7) is 0. The van der Waals surface area contributed by atoms with Crippen molar-refractivity contribution in [2.75, 3.05) is 18.2 Å². The molecule has 0 spiro atoms. The Morgan fingerprint density at radius 2 is 2.00 bits per heavy atom. The molecule has 1 rings (SSSR count). The SMILES string of the molecule is COC(=O)c1ccc(NC(=O)CCCC(=O)O)c(N)c1. The van der Waals surface area contributed by atoms with Crippen LogP contribution in [0.3, 0.4) is 0 Å². The molecule has 0 bridgehead atoms. The lowest BCUT2D eigenvalue weighted by molar-refractivity contribution is -0.137. The van der Waals surface area contributed by atoms with Gasteiger partial charge >= 0.3 is 11.9 Å². The van der Waals surface area contributed by atoms with Crippen molar-refractivity contribution in [1.29, 1.82) is 0 Å². The number of carbonyl (C=O) groups is 3. The molecule has 0 aliphatic heterocycles. The first-order chi connectivity index (χ1) is 9.43. The highest BCUT2D eigenvalue weighted by atomic mass is 16.5. The van der Waals surface area contributed by atoms with Crippen LogP contribution in [-0.4, -0.2) is 30.1 Å². The average molecular weight is 280 g/mol. The Hall–Kier alpha value is -2.57. The van der Waals surface area contributed by atoms with Gasteiger partial charge in [-0.1, -0.05) is 0 Å². The fourth-order valence-corrected chi connectivity index (χ4v) is 1.53. The molecule has 20 heavy (non-hydrogen) atoms. The summed E-state index contributed by atoms with van der Waals surface area (Å²) in [4.78, 5) is 33.2. The van der Waals surface area contributed by atoms with Crippen LogP contribution in [0.25, 0.3) is 0 Å². The van der Waals surface area contributed by atoms with E-state index in [9.17, 15) is 14.4 Å². The Morgan fingerprint density at radius 3 is 2.55 bits per heavy atom. The zero-order chi connectivity index (χ0) is 15.1. The van der Waals surface area contributed by atoms with E-state index in [-0.39, 0.29) is 36.4 Å². The monoisotopic (exact) mass is 280 g/mol. The van der Waals surface area contributed by atoms with Crippen molar-refractivity contribution in [1.82, 2.24) is 0 Å². The first kappa shape index (κ1) is 15.5. The molecular formula is C13H16N2O5. The number of benzene rings is 1. The molecule has 7 nitrogen and oxygen atoms in total. The third-order valence-electron chi connectivity index (χ3n) is 2.54. The number of hydrogen-bond acceptors (Lipinski definition) is 5. The van der Waals surface area contributed by atoms with E-state index in [0.717, 1.165) is 0 Å². The van der Waals surface area contributed by atoms with Crippen LogP contribution in [0.5, 0.6) is 0 Å². The third kappa shape index (κ3) is 4.60. The number of aliphatic carboxylic acids is 1. The van der Waals surface area contributed by atoms with E-state index in [2.05, 4.69) is 10.1 Å². The van der Waals surface area contributed by atoms with Gasteiger partial charge in [0, 0.05) is 12.8 Å². The van der Waals surface area contributed by atoms with Gasteiger partial charge in [-0.25, -0.2) is 4.79 Å². The Morgan fingerprint density at radius 1 is 1.30 bits per heavy atom. The highest BCUT2D eigenvalue weighted by molar-refractivity contribution is 5.96. The van der Waals surface area contributed by atoms with Gasteiger partial charge in [-0.05, 0) is 24.6 Å². The summed E-state index contributed by atoms with van der Waals surface area (Å²) in [5.41, 5.74) is 6.62. The van der Waals surface area contributed by atoms with Crippen LogP contribution in [0.4, 0.5) is 11.4 Å². The van der Waals surface area contributed by atoms with E-state index >= 15 is 0 Å². The summed E-state index contributed by atoms with van der Waals surface area (Å²) in [5, 5.41) is 11.0. The number of carboxylic acid groups (broad SMARTS) is 1. The van der Waals surface area contributed by atoms with Crippen LogP contribution in [0, 0.1) is 0 Å². The maximum atomic E-state index is 11.6. The van der Waals surface area contributed by atoms with Crippen LogP contribution in [0.2, 0.25) is 0 Å². The number of nitrogens with two attached hydrogens (primary N) is 1. The topological polar surface area (TPSA) is 119 Å². The molecule has 0 fully saturated rings. The first-order valence-corrected chi connectivity index (χ1v) is 5.93. The lowest BCUT2D eigenvalue weighted by atomic mass is 10.1. The number of carbonyl (C=O) groups excluding carboxylic acids is 2. The largest absolute Gasteiger partial charge is 0.481 e. The van der Waals surface area contributed by atoms with Crippen molar-refractivity contribution in [2.24, 2.45) is 0 Å². The van der Waals surface area contributed by atoms with Crippen molar-refractivity contribution >= 4 is 29.2 Å². The summed E-state index contributed by atoms with van der Waals surface area (Å²) in [5.74, 6) is -1.79. The van der Waals surface area contributed by atoms with Gasteiger partial charge in [0.2, 0.25) is 5.91 Å².